The summed E-state index contributed by atoms with van der Waals surface area (Å²) in [6, 6.07) is 58.2. The van der Waals surface area contributed by atoms with E-state index in [1.807, 2.05) is 0 Å². The smallest absolute Gasteiger partial charge is 0.0171 e. The largest absolute Gasteiger partial charge is 0.0622 e. The number of rotatable bonds is 3. The van der Waals surface area contributed by atoms with Crippen LogP contribution in [0.3, 0.4) is 0 Å². The fourth-order valence-corrected chi connectivity index (χ4v) is 8.05. The molecule has 0 aromatic heterocycles. The molecular weight excluding hydrogens is 540 g/mol. The van der Waals surface area contributed by atoms with Crippen LogP contribution in [0.25, 0.3) is 76.8 Å². The van der Waals surface area contributed by atoms with E-state index in [4.69, 9.17) is 0 Å². The van der Waals surface area contributed by atoms with Gasteiger partial charge in [0.2, 0.25) is 0 Å². The van der Waals surface area contributed by atoms with E-state index in [1.54, 1.807) is 0 Å². The van der Waals surface area contributed by atoms with E-state index < -0.39 is 0 Å². The Kier molecular flexibility index (Phi) is 5.64. The Balaban J connectivity index is 1.15. The first-order valence-corrected chi connectivity index (χ1v) is 15.9. The zero-order valence-electron chi connectivity index (χ0n) is 25.5. The van der Waals surface area contributed by atoms with Crippen LogP contribution >= 0.6 is 0 Å². The summed E-state index contributed by atoms with van der Waals surface area (Å²) in [6.07, 6.45) is 0. The second kappa shape index (κ2) is 9.78. The van der Waals surface area contributed by atoms with Gasteiger partial charge in [-0.25, -0.2) is 0 Å². The Morgan fingerprint density at radius 1 is 0.289 bits per heavy atom. The highest BCUT2D eigenvalue weighted by molar-refractivity contribution is 6.25. The van der Waals surface area contributed by atoms with E-state index in [0.717, 1.165) is 0 Å². The maximum absolute atomic E-state index is 2.39. The minimum absolute atomic E-state index is 0.130. The maximum Gasteiger partial charge on any atom is 0.0171 e. The molecule has 0 atom stereocenters. The Morgan fingerprint density at radius 2 is 0.689 bits per heavy atom. The van der Waals surface area contributed by atoms with Gasteiger partial charge in [-0.05, 0) is 94.0 Å². The summed E-state index contributed by atoms with van der Waals surface area (Å²) in [5.41, 5.74) is 13.1. The van der Waals surface area contributed by atoms with Crippen LogP contribution in [-0.2, 0) is 5.41 Å². The van der Waals surface area contributed by atoms with Crippen LogP contribution in [0.1, 0.15) is 25.0 Å². The molecule has 45 heavy (non-hydrogen) atoms. The third-order valence-electron chi connectivity index (χ3n) is 10.0. The molecule has 0 radical (unpaired) electrons. The van der Waals surface area contributed by atoms with Crippen molar-refractivity contribution in [2.75, 3.05) is 0 Å². The van der Waals surface area contributed by atoms with Crippen molar-refractivity contribution in [1.82, 2.24) is 0 Å². The lowest BCUT2D eigenvalue weighted by atomic mass is 9.76. The molecule has 0 aliphatic heterocycles. The molecule has 0 bridgehead atoms. The number of benzene rings is 8. The molecular formula is C45H32. The van der Waals surface area contributed by atoms with E-state index in [9.17, 15) is 0 Å². The Hall–Kier alpha value is -5.46. The summed E-state index contributed by atoms with van der Waals surface area (Å²) in [5.74, 6) is 0. The van der Waals surface area contributed by atoms with E-state index >= 15 is 0 Å². The first kappa shape index (κ1) is 26.0. The molecule has 8 aromatic carbocycles. The van der Waals surface area contributed by atoms with Crippen molar-refractivity contribution in [3.05, 3.63) is 169 Å². The minimum atomic E-state index is -0.130. The van der Waals surface area contributed by atoms with Crippen LogP contribution in [0, 0.1) is 0 Å². The summed E-state index contributed by atoms with van der Waals surface area (Å²) in [5, 5.41) is 7.85. The van der Waals surface area contributed by atoms with Gasteiger partial charge >= 0.3 is 0 Å². The lowest BCUT2D eigenvalue weighted by molar-refractivity contribution is 0.664. The van der Waals surface area contributed by atoms with Crippen molar-refractivity contribution < 1.29 is 0 Å². The molecule has 0 saturated heterocycles. The predicted octanol–water partition coefficient (Wildman–Crippen LogP) is 12.5. The first-order chi connectivity index (χ1) is 22.1. The van der Waals surface area contributed by atoms with Gasteiger partial charge in [0.15, 0.2) is 0 Å². The van der Waals surface area contributed by atoms with Gasteiger partial charge in [-0.2, -0.15) is 0 Å². The van der Waals surface area contributed by atoms with Gasteiger partial charge in [0, 0.05) is 5.41 Å². The highest BCUT2D eigenvalue weighted by atomic mass is 14.4. The second-order valence-corrected chi connectivity index (χ2v) is 12.9. The maximum atomic E-state index is 2.39. The van der Waals surface area contributed by atoms with Crippen molar-refractivity contribution in [1.29, 1.82) is 0 Å². The van der Waals surface area contributed by atoms with Gasteiger partial charge in [0.25, 0.3) is 0 Å². The Labute approximate surface area is 264 Å². The normalized spacial score (nSPS) is 13.3. The van der Waals surface area contributed by atoms with Gasteiger partial charge in [-0.15, -0.1) is 0 Å². The highest BCUT2D eigenvalue weighted by Gasteiger charge is 2.39. The fraction of sp³-hybridized carbons (Fsp3) is 0.0667. The molecule has 1 aliphatic rings. The lowest BCUT2D eigenvalue weighted by Crippen LogP contribution is -2.17. The molecule has 1 aliphatic carbocycles. The van der Waals surface area contributed by atoms with Gasteiger partial charge in [-0.3, -0.25) is 0 Å². The summed E-state index contributed by atoms with van der Waals surface area (Å²) in [7, 11) is 0. The molecule has 9 rings (SSSR count). The van der Waals surface area contributed by atoms with Gasteiger partial charge in [0.1, 0.15) is 0 Å². The Morgan fingerprint density at radius 3 is 1.24 bits per heavy atom. The molecule has 0 amide bonds. The van der Waals surface area contributed by atoms with Crippen LogP contribution in [0.5, 0.6) is 0 Å². The number of fused-ring (bicyclic) bond motifs is 9. The van der Waals surface area contributed by atoms with Gasteiger partial charge < -0.3 is 0 Å². The van der Waals surface area contributed by atoms with Crippen LogP contribution in [0.2, 0.25) is 0 Å². The minimum Gasteiger partial charge on any atom is -0.0622 e. The van der Waals surface area contributed by atoms with E-state index in [2.05, 4.69) is 172 Å². The third kappa shape index (κ3) is 3.85. The number of hydrogen-bond acceptors (Lipinski definition) is 0. The van der Waals surface area contributed by atoms with Crippen molar-refractivity contribution in [2.45, 2.75) is 19.3 Å². The molecule has 0 spiro atoms. The van der Waals surface area contributed by atoms with Crippen molar-refractivity contribution in [3.8, 4) is 44.5 Å². The number of hydrogen-bond donors (Lipinski definition) is 0. The summed E-state index contributed by atoms with van der Waals surface area (Å²) < 4.78 is 0. The van der Waals surface area contributed by atoms with E-state index in [-0.39, 0.29) is 5.41 Å². The Bertz CT molecular complexity index is 2390. The van der Waals surface area contributed by atoms with Crippen molar-refractivity contribution >= 4 is 32.3 Å². The third-order valence-corrected chi connectivity index (χ3v) is 10.0. The second-order valence-electron chi connectivity index (χ2n) is 12.9. The molecule has 0 heteroatoms. The van der Waals surface area contributed by atoms with E-state index in [0.29, 0.717) is 0 Å². The molecule has 0 unspecified atom stereocenters. The predicted molar refractivity (Wildman–Crippen MR) is 193 cm³/mol. The van der Waals surface area contributed by atoms with Crippen molar-refractivity contribution in [2.24, 2.45) is 0 Å². The molecule has 0 N–H and O–H groups in total. The molecule has 0 nitrogen and oxygen atoms in total. The van der Waals surface area contributed by atoms with Crippen LogP contribution < -0.4 is 0 Å². The van der Waals surface area contributed by atoms with Crippen molar-refractivity contribution in [3.63, 3.8) is 0 Å². The average molecular weight is 573 g/mol. The standard InChI is InChI=1S/C45H32/c1-45(2)43-33(30-12-4-3-5-13-30)18-10-20-40(43)41-21-11-19-34(44(41)45)31-24-22-29(23-25-31)32-26-27-39-37-16-7-6-14-35(37)36-15-8-9-17-38(36)42(39)28-32/h3-28H,1-2H3. The monoisotopic (exact) mass is 572 g/mol. The molecule has 0 heterocycles. The van der Waals surface area contributed by atoms with Crippen LogP contribution in [0.15, 0.2) is 158 Å². The van der Waals surface area contributed by atoms with E-state index in [1.165, 1.54) is 88.0 Å². The fourth-order valence-electron chi connectivity index (χ4n) is 8.05. The molecule has 0 fully saturated rings. The zero-order valence-corrected chi connectivity index (χ0v) is 25.5. The average Bonchev–Trinajstić information content (AvgIpc) is 3.35. The van der Waals surface area contributed by atoms with Gasteiger partial charge in [-0.1, -0.05) is 166 Å². The van der Waals surface area contributed by atoms with Crippen LogP contribution in [0.4, 0.5) is 0 Å². The summed E-state index contributed by atoms with van der Waals surface area (Å²) in [4.78, 5) is 0. The summed E-state index contributed by atoms with van der Waals surface area (Å²) >= 11 is 0. The topological polar surface area (TPSA) is 0 Å². The molecule has 0 saturated carbocycles. The molecule has 212 valence electrons. The first-order valence-electron chi connectivity index (χ1n) is 15.9. The van der Waals surface area contributed by atoms with Gasteiger partial charge in [0.05, 0.1) is 0 Å². The SMILES string of the molecule is CC1(C)c2c(-c3ccccc3)cccc2-c2cccc(-c3ccc(-c4ccc5c6ccccc6c6ccccc6c5c4)cc3)c21. The molecule has 8 aromatic rings. The lowest BCUT2D eigenvalue weighted by Gasteiger charge is -2.27. The quantitative estimate of drug-likeness (QED) is 0.185. The van der Waals surface area contributed by atoms with Crippen LogP contribution in [-0.4, -0.2) is 0 Å². The highest BCUT2D eigenvalue weighted by Crippen LogP contribution is 2.55. The summed E-state index contributed by atoms with van der Waals surface area (Å²) in [6.45, 7) is 4.79. The zero-order chi connectivity index (χ0) is 30.1.